The Morgan fingerprint density at radius 3 is 2.80 bits per heavy atom. The van der Waals surface area contributed by atoms with Crippen LogP contribution >= 0.6 is 11.8 Å². The number of nitrogens with zero attached hydrogens (tertiary/aromatic N) is 1. The average Bonchev–Trinajstić information content (AvgIpc) is 2.16. The molecule has 0 aliphatic carbocycles. The van der Waals surface area contributed by atoms with E-state index in [9.17, 15) is 4.79 Å². The van der Waals surface area contributed by atoms with Crippen molar-refractivity contribution < 1.29 is 9.90 Å². The molecule has 15 heavy (non-hydrogen) atoms. The second-order valence-electron chi connectivity index (χ2n) is 3.87. The first-order valence-electron chi connectivity index (χ1n) is 4.71. The van der Waals surface area contributed by atoms with Crippen LogP contribution in [0.3, 0.4) is 0 Å². The molecule has 0 bridgehead atoms. The summed E-state index contributed by atoms with van der Waals surface area (Å²) in [6.45, 7) is 5.40. The summed E-state index contributed by atoms with van der Waals surface area (Å²) in [7, 11) is 0. The Hall–Kier alpha value is -1.03. The smallest absolute Gasteiger partial charge is 0.319 e. The van der Waals surface area contributed by atoms with Crippen LogP contribution in [0.2, 0.25) is 0 Å². The number of pyridine rings is 1. The van der Waals surface area contributed by atoms with Gasteiger partial charge in [-0.1, -0.05) is 6.07 Å². The van der Waals surface area contributed by atoms with Crippen molar-refractivity contribution >= 4 is 17.7 Å². The molecule has 0 atom stereocenters. The fourth-order valence-electron chi connectivity index (χ4n) is 0.980. The van der Waals surface area contributed by atoms with Gasteiger partial charge in [0.2, 0.25) is 0 Å². The van der Waals surface area contributed by atoms with Gasteiger partial charge in [0, 0.05) is 11.9 Å². The highest BCUT2D eigenvalue weighted by atomic mass is 32.2. The zero-order valence-electron chi connectivity index (χ0n) is 9.15. The van der Waals surface area contributed by atoms with Crippen LogP contribution in [0.1, 0.15) is 25.1 Å². The molecule has 0 aromatic carbocycles. The van der Waals surface area contributed by atoms with Gasteiger partial charge in [0.05, 0.1) is 5.69 Å². The molecule has 0 aliphatic rings. The van der Waals surface area contributed by atoms with Crippen LogP contribution in [0.4, 0.5) is 0 Å². The van der Waals surface area contributed by atoms with Crippen LogP contribution in [0.15, 0.2) is 18.3 Å². The SMILES string of the molecule is Cc1cccnc1CSC(C)(C)C(=O)O. The van der Waals surface area contributed by atoms with Gasteiger partial charge in [-0.3, -0.25) is 9.78 Å². The number of hydrogen-bond donors (Lipinski definition) is 1. The first-order valence-corrected chi connectivity index (χ1v) is 5.70. The summed E-state index contributed by atoms with van der Waals surface area (Å²) in [6, 6.07) is 3.86. The van der Waals surface area contributed by atoms with Crippen LogP contribution < -0.4 is 0 Å². The van der Waals surface area contributed by atoms with E-state index in [1.165, 1.54) is 11.8 Å². The number of carbonyl (C=O) groups is 1. The summed E-state index contributed by atoms with van der Waals surface area (Å²) >= 11 is 1.39. The van der Waals surface area contributed by atoms with Crippen molar-refractivity contribution in [3.05, 3.63) is 29.6 Å². The molecule has 0 amide bonds. The quantitative estimate of drug-likeness (QED) is 0.855. The lowest BCUT2D eigenvalue weighted by atomic mass is 10.2. The van der Waals surface area contributed by atoms with Crippen molar-refractivity contribution in [1.29, 1.82) is 0 Å². The van der Waals surface area contributed by atoms with Crippen LogP contribution in [0, 0.1) is 6.92 Å². The van der Waals surface area contributed by atoms with E-state index in [0.29, 0.717) is 5.75 Å². The molecule has 1 heterocycles. The highest BCUT2D eigenvalue weighted by Gasteiger charge is 2.27. The first kappa shape index (κ1) is 12.0. The fourth-order valence-corrected chi connectivity index (χ4v) is 1.90. The molecular weight excluding hydrogens is 210 g/mol. The maximum atomic E-state index is 10.9. The Bertz CT molecular complexity index is 363. The van der Waals surface area contributed by atoms with Crippen LogP contribution in [0.5, 0.6) is 0 Å². The molecule has 0 aliphatic heterocycles. The van der Waals surface area contributed by atoms with Crippen molar-refractivity contribution in [1.82, 2.24) is 4.98 Å². The molecule has 3 nitrogen and oxygen atoms in total. The molecule has 0 saturated heterocycles. The van der Waals surface area contributed by atoms with Gasteiger partial charge < -0.3 is 5.11 Å². The van der Waals surface area contributed by atoms with Gasteiger partial charge in [0.25, 0.3) is 0 Å². The molecular formula is C11H15NO2S. The van der Waals surface area contributed by atoms with Gasteiger partial charge in [0.15, 0.2) is 0 Å². The van der Waals surface area contributed by atoms with Gasteiger partial charge in [-0.2, -0.15) is 0 Å². The lowest BCUT2D eigenvalue weighted by Gasteiger charge is -2.18. The normalized spacial score (nSPS) is 11.4. The Balaban J connectivity index is 2.66. The lowest BCUT2D eigenvalue weighted by Crippen LogP contribution is -2.27. The second-order valence-corrected chi connectivity index (χ2v) is 5.47. The monoisotopic (exact) mass is 225 g/mol. The van der Waals surface area contributed by atoms with E-state index < -0.39 is 10.7 Å². The number of carboxylic acid groups (broad SMARTS) is 1. The van der Waals surface area contributed by atoms with Crippen molar-refractivity contribution in [2.75, 3.05) is 0 Å². The number of hydrogen-bond acceptors (Lipinski definition) is 3. The molecule has 1 rings (SSSR count). The van der Waals surface area contributed by atoms with Crippen molar-refractivity contribution in [3.63, 3.8) is 0 Å². The van der Waals surface area contributed by atoms with Gasteiger partial charge in [0.1, 0.15) is 4.75 Å². The topological polar surface area (TPSA) is 50.2 Å². The van der Waals surface area contributed by atoms with Crippen LogP contribution in [-0.2, 0) is 10.5 Å². The minimum atomic E-state index is -0.791. The van der Waals surface area contributed by atoms with E-state index in [0.717, 1.165) is 11.3 Å². The van der Waals surface area contributed by atoms with E-state index >= 15 is 0 Å². The maximum Gasteiger partial charge on any atom is 0.319 e. The van der Waals surface area contributed by atoms with Gasteiger partial charge >= 0.3 is 5.97 Å². The molecule has 4 heteroatoms. The van der Waals surface area contributed by atoms with Gasteiger partial charge in [-0.25, -0.2) is 0 Å². The summed E-state index contributed by atoms with van der Waals surface area (Å²) in [5.74, 6) is -0.160. The first-order chi connectivity index (χ1) is 6.93. The van der Waals surface area contributed by atoms with Crippen molar-refractivity contribution in [2.24, 2.45) is 0 Å². The Morgan fingerprint density at radius 2 is 2.27 bits per heavy atom. The highest BCUT2D eigenvalue weighted by molar-refractivity contribution is 8.00. The van der Waals surface area contributed by atoms with E-state index in [-0.39, 0.29) is 0 Å². The lowest BCUT2D eigenvalue weighted by molar-refractivity contribution is -0.138. The molecule has 82 valence electrons. The standard InChI is InChI=1S/C11H15NO2S/c1-8-5-4-6-12-9(8)7-15-11(2,3)10(13)14/h4-6H,7H2,1-3H3,(H,13,14). The summed E-state index contributed by atoms with van der Waals surface area (Å²) in [6.07, 6.45) is 1.73. The van der Waals surface area contributed by atoms with Crippen molar-refractivity contribution in [3.8, 4) is 0 Å². The second kappa shape index (κ2) is 4.66. The van der Waals surface area contributed by atoms with Gasteiger partial charge in [-0.15, -0.1) is 11.8 Å². The third-order valence-corrected chi connectivity index (χ3v) is 3.52. The molecule has 0 radical (unpaired) electrons. The number of rotatable bonds is 4. The third kappa shape index (κ3) is 3.23. The predicted molar refractivity (Wildman–Crippen MR) is 62.0 cm³/mol. The predicted octanol–water partition coefficient (Wildman–Crippen LogP) is 2.49. The molecule has 0 unspecified atom stereocenters. The summed E-state index contributed by atoms with van der Waals surface area (Å²) in [5, 5.41) is 8.95. The van der Waals surface area contributed by atoms with Crippen molar-refractivity contribution in [2.45, 2.75) is 31.3 Å². The minimum absolute atomic E-state index is 0.631. The number of carboxylic acids is 1. The Morgan fingerprint density at radius 1 is 1.60 bits per heavy atom. The highest BCUT2D eigenvalue weighted by Crippen LogP contribution is 2.28. The minimum Gasteiger partial charge on any atom is -0.480 e. The number of aromatic nitrogens is 1. The number of aliphatic carboxylic acids is 1. The average molecular weight is 225 g/mol. The summed E-state index contributed by atoms with van der Waals surface area (Å²) in [5.41, 5.74) is 2.06. The van der Waals surface area contributed by atoms with Crippen LogP contribution in [-0.4, -0.2) is 20.8 Å². The zero-order chi connectivity index (χ0) is 11.5. The molecule has 0 spiro atoms. The van der Waals surface area contributed by atoms with Gasteiger partial charge in [-0.05, 0) is 32.4 Å². The molecule has 0 fully saturated rings. The Kier molecular flexibility index (Phi) is 3.74. The number of aryl methyl sites for hydroxylation is 1. The largest absolute Gasteiger partial charge is 0.480 e. The molecule has 1 N–H and O–H groups in total. The molecule has 1 aromatic rings. The summed E-state index contributed by atoms with van der Waals surface area (Å²) < 4.78 is -0.760. The number of thioether (sulfide) groups is 1. The molecule has 1 aromatic heterocycles. The Labute approximate surface area is 93.9 Å². The maximum absolute atomic E-state index is 10.9. The van der Waals surface area contributed by atoms with E-state index in [1.807, 2.05) is 19.1 Å². The summed E-state index contributed by atoms with van der Waals surface area (Å²) in [4.78, 5) is 15.1. The zero-order valence-corrected chi connectivity index (χ0v) is 9.97. The third-order valence-electron chi connectivity index (χ3n) is 2.20. The van der Waals surface area contributed by atoms with E-state index in [4.69, 9.17) is 5.11 Å². The fraction of sp³-hybridized carbons (Fsp3) is 0.455. The van der Waals surface area contributed by atoms with E-state index in [1.54, 1.807) is 20.0 Å². The van der Waals surface area contributed by atoms with Crippen LogP contribution in [0.25, 0.3) is 0 Å². The van der Waals surface area contributed by atoms with E-state index in [2.05, 4.69) is 4.98 Å². The molecule has 0 saturated carbocycles.